The number of phenolic OH excluding ortho intramolecular Hbond substituents is 2. The summed E-state index contributed by atoms with van der Waals surface area (Å²) in [4.78, 5) is 24.4. The van der Waals surface area contributed by atoms with Crippen molar-refractivity contribution in [1.29, 1.82) is 0 Å². The molecule has 0 aromatic heterocycles. The zero-order chi connectivity index (χ0) is 18.4. The van der Waals surface area contributed by atoms with Crippen LogP contribution in [0, 0.1) is 5.92 Å². The molecular formula is C20H20O5. The number of carbonyl (C=O) groups is 2. The first-order valence-electron chi connectivity index (χ1n) is 8.12. The topological polar surface area (TPSA) is 83.8 Å². The van der Waals surface area contributed by atoms with Gasteiger partial charge >= 0.3 is 0 Å². The third-order valence-electron chi connectivity index (χ3n) is 4.98. The van der Waals surface area contributed by atoms with Crippen molar-refractivity contribution in [3.05, 3.63) is 52.6 Å². The number of hydrogen-bond acceptors (Lipinski definition) is 5. The van der Waals surface area contributed by atoms with Crippen molar-refractivity contribution < 1.29 is 24.5 Å². The molecule has 5 heteroatoms. The van der Waals surface area contributed by atoms with Crippen LogP contribution in [-0.2, 0) is 6.42 Å². The highest BCUT2D eigenvalue weighted by molar-refractivity contribution is 6.14. The Morgan fingerprint density at radius 1 is 1.20 bits per heavy atom. The van der Waals surface area contributed by atoms with Crippen LogP contribution in [0.1, 0.15) is 52.6 Å². The number of hydrogen-bond donors (Lipinski definition) is 2. The van der Waals surface area contributed by atoms with Crippen molar-refractivity contribution in [1.82, 2.24) is 0 Å². The third kappa shape index (κ3) is 2.65. The summed E-state index contributed by atoms with van der Waals surface area (Å²) in [7, 11) is 0. The van der Waals surface area contributed by atoms with E-state index in [-0.39, 0.29) is 28.5 Å². The van der Waals surface area contributed by atoms with Crippen molar-refractivity contribution >= 4 is 12.1 Å². The van der Waals surface area contributed by atoms with Crippen molar-refractivity contribution in [2.45, 2.75) is 32.8 Å². The van der Waals surface area contributed by atoms with Crippen LogP contribution in [0.25, 0.3) is 0 Å². The Morgan fingerprint density at radius 3 is 2.44 bits per heavy atom. The van der Waals surface area contributed by atoms with Crippen LogP contribution in [-0.4, -0.2) is 27.9 Å². The van der Waals surface area contributed by atoms with Gasteiger partial charge in [0.2, 0.25) is 5.78 Å². The Bertz CT molecular complexity index is 852. The van der Waals surface area contributed by atoms with Gasteiger partial charge in [0, 0.05) is 11.1 Å². The summed E-state index contributed by atoms with van der Waals surface area (Å²) < 4.78 is 5.89. The maximum atomic E-state index is 12.8. The van der Waals surface area contributed by atoms with Gasteiger partial charge in [-0.2, -0.15) is 0 Å². The molecule has 2 N–H and O–H groups in total. The van der Waals surface area contributed by atoms with E-state index in [1.807, 2.05) is 20.8 Å². The first-order valence-corrected chi connectivity index (χ1v) is 8.12. The summed E-state index contributed by atoms with van der Waals surface area (Å²) in [5.74, 6) is -1.22. The molecule has 0 saturated heterocycles. The molecule has 5 nitrogen and oxygen atoms in total. The van der Waals surface area contributed by atoms with Gasteiger partial charge < -0.3 is 14.9 Å². The fourth-order valence-corrected chi connectivity index (χ4v) is 3.06. The smallest absolute Gasteiger partial charge is 0.200 e. The van der Waals surface area contributed by atoms with Gasteiger partial charge in [-0.05, 0) is 26.2 Å². The van der Waals surface area contributed by atoms with Gasteiger partial charge in [-0.3, -0.25) is 9.59 Å². The van der Waals surface area contributed by atoms with Gasteiger partial charge in [-0.15, -0.1) is 0 Å². The molecule has 2 aromatic rings. The quantitative estimate of drug-likeness (QED) is 0.660. The zero-order valence-electron chi connectivity index (χ0n) is 14.4. The number of rotatable bonds is 3. The Kier molecular flexibility index (Phi) is 4.03. The molecule has 1 aliphatic heterocycles. The molecule has 0 bridgehead atoms. The second kappa shape index (κ2) is 5.92. The van der Waals surface area contributed by atoms with E-state index in [4.69, 9.17) is 4.74 Å². The monoisotopic (exact) mass is 340 g/mol. The average Bonchev–Trinajstić information content (AvgIpc) is 2.58. The largest absolute Gasteiger partial charge is 0.507 e. The summed E-state index contributed by atoms with van der Waals surface area (Å²) in [5, 5.41) is 21.2. The van der Waals surface area contributed by atoms with Crippen LogP contribution in [0.4, 0.5) is 0 Å². The standard InChI is InChI=1S/C20H20O5/c1-11-9-13-17(23)15(16(22)12-7-5-4-6-8-12)18(24)14(10-21)19(13)25-20(11,2)3/h4-8,10-11,23-24H,9H2,1-3H3. The molecule has 25 heavy (non-hydrogen) atoms. The van der Waals surface area contributed by atoms with Crippen molar-refractivity contribution in [3.8, 4) is 17.2 Å². The molecule has 0 aliphatic carbocycles. The SMILES string of the molecule is CC1Cc2c(O)c(C(=O)c3ccccc3)c(O)c(C=O)c2OC1(C)C. The van der Waals surface area contributed by atoms with E-state index in [9.17, 15) is 19.8 Å². The number of ether oxygens (including phenoxy) is 1. The summed E-state index contributed by atoms with van der Waals surface area (Å²) in [6.45, 7) is 5.73. The predicted octanol–water partition coefficient (Wildman–Crippen LogP) is 3.49. The second-order valence-corrected chi connectivity index (χ2v) is 6.92. The van der Waals surface area contributed by atoms with Crippen LogP contribution in [0.2, 0.25) is 0 Å². The molecule has 3 rings (SSSR count). The Morgan fingerprint density at radius 2 is 1.84 bits per heavy atom. The fourth-order valence-electron chi connectivity index (χ4n) is 3.06. The van der Waals surface area contributed by atoms with Gasteiger partial charge in [-0.1, -0.05) is 37.3 Å². The number of phenols is 2. The van der Waals surface area contributed by atoms with Gasteiger partial charge in [0.05, 0.1) is 5.56 Å². The second-order valence-electron chi connectivity index (χ2n) is 6.92. The highest BCUT2D eigenvalue weighted by Crippen LogP contribution is 2.48. The molecule has 1 unspecified atom stereocenters. The normalized spacial score (nSPS) is 18.1. The average molecular weight is 340 g/mol. The molecule has 0 spiro atoms. The lowest BCUT2D eigenvalue weighted by Gasteiger charge is -2.39. The Hall–Kier alpha value is -2.82. The first-order chi connectivity index (χ1) is 11.8. The van der Waals surface area contributed by atoms with E-state index >= 15 is 0 Å². The molecule has 2 aromatic carbocycles. The first kappa shape index (κ1) is 17.0. The maximum absolute atomic E-state index is 12.8. The van der Waals surface area contributed by atoms with E-state index in [1.165, 1.54) is 0 Å². The van der Waals surface area contributed by atoms with Gasteiger partial charge in [0.15, 0.2) is 6.29 Å². The highest BCUT2D eigenvalue weighted by Gasteiger charge is 2.39. The van der Waals surface area contributed by atoms with Gasteiger partial charge in [-0.25, -0.2) is 0 Å². The summed E-state index contributed by atoms with van der Waals surface area (Å²) in [6, 6.07) is 8.31. The van der Waals surface area contributed by atoms with E-state index in [0.29, 0.717) is 23.8 Å². The van der Waals surface area contributed by atoms with Crippen LogP contribution in [0.5, 0.6) is 17.2 Å². The molecule has 1 aliphatic rings. The lowest BCUT2D eigenvalue weighted by molar-refractivity contribution is 0.0335. The Labute approximate surface area is 145 Å². The number of aldehydes is 1. The summed E-state index contributed by atoms with van der Waals surface area (Å²) in [5.41, 5.74) is -0.232. The van der Waals surface area contributed by atoms with Crippen molar-refractivity contribution in [2.24, 2.45) is 5.92 Å². The van der Waals surface area contributed by atoms with Gasteiger partial charge in [0.1, 0.15) is 28.4 Å². The summed E-state index contributed by atoms with van der Waals surface area (Å²) >= 11 is 0. The third-order valence-corrected chi connectivity index (χ3v) is 4.98. The fraction of sp³-hybridized carbons (Fsp3) is 0.300. The van der Waals surface area contributed by atoms with Crippen LogP contribution < -0.4 is 4.74 Å². The van der Waals surface area contributed by atoms with E-state index in [1.54, 1.807) is 30.3 Å². The molecule has 0 saturated carbocycles. The molecule has 1 heterocycles. The number of aromatic hydroxyl groups is 2. The maximum Gasteiger partial charge on any atom is 0.200 e. The van der Waals surface area contributed by atoms with E-state index in [0.717, 1.165) is 0 Å². The van der Waals surface area contributed by atoms with E-state index in [2.05, 4.69) is 0 Å². The number of ketones is 1. The number of fused-ring (bicyclic) bond motifs is 1. The number of benzene rings is 2. The molecule has 0 amide bonds. The lowest BCUT2D eigenvalue weighted by atomic mass is 9.81. The molecule has 1 atom stereocenters. The molecular weight excluding hydrogens is 320 g/mol. The highest BCUT2D eigenvalue weighted by atomic mass is 16.5. The number of carbonyl (C=O) groups excluding carboxylic acids is 2. The minimum absolute atomic E-state index is 0.0506. The lowest BCUT2D eigenvalue weighted by Crippen LogP contribution is -2.41. The van der Waals surface area contributed by atoms with Crippen molar-refractivity contribution in [2.75, 3.05) is 0 Å². The van der Waals surface area contributed by atoms with Crippen LogP contribution in [0.3, 0.4) is 0 Å². The molecule has 130 valence electrons. The Balaban J connectivity index is 2.25. The minimum Gasteiger partial charge on any atom is -0.507 e. The zero-order valence-corrected chi connectivity index (χ0v) is 14.4. The van der Waals surface area contributed by atoms with Crippen LogP contribution in [0.15, 0.2) is 30.3 Å². The predicted molar refractivity (Wildman–Crippen MR) is 92.6 cm³/mol. The van der Waals surface area contributed by atoms with E-state index < -0.39 is 17.1 Å². The van der Waals surface area contributed by atoms with Crippen LogP contribution >= 0.6 is 0 Å². The molecule has 0 radical (unpaired) electrons. The van der Waals surface area contributed by atoms with Gasteiger partial charge in [0.25, 0.3) is 0 Å². The molecule has 0 fully saturated rings. The van der Waals surface area contributed by atoms with Crippen molar-refractivity contribution in [3.63, 3.8) is 0 Å². The minimum atomic E-state index is -0.561. The summed E-state index contributed by atoms with van der Waals surface area (Å²) in [6.07, 6.45) is 0.895.